The molecule has 0 unspecified atom stereocenters. The molecular weight excluding hydrogens is 476 g/mol. The van der Waals surface area contributed by atoms with Crippen LogP contribution in [-0.2, 0) is 11.2 Å². The van der Waals surface area contributed by atoms with Gasteiger partial charge in [0.25, 0.3) is 5.91 Å². The highest BCUT2D eigenvalue weighted by atomic mass is 32.1. The second kappa shape index (κ2) is 12.7. The summed E-state index contributed by atoms with van der Waals surface area (Å²) in [7, 11) is 1.53. The van der Waals surface area contributed by atoms with Crippen LogP contribution in [0.5, 0.6) is 17.2 Å². The molecule has 0 bridgehead atoms. The van der Waals surface area contributed by atoms with Crippen molar-refractivity contribution in [1.29, 1.82) is 5.26 Å². The number of hydrogen-bond acceptors (Lipinski definition) is 8. The van der Waals surface area contributed by atoms with Crippen LogP contribution in [0.2, 0.25) is 0 Å². The van der Waals surface area contributed by atoms with Crippen LogP contribution in [0.4, 0.5) is 5.13 Å². The number of amides is 1. The minimum Gasteiger partial charge on any atom is -0.493 e. The van der Waals surface area contributed by atoms with Gasteiger partial charge in [-0.15, -0.1) is 10.2 Å². The first-order valence-electron chi connectivity index (χ1n) is 11.6. The number of nitriles is 1. The van der Waals surface area contributed by atoms with Crippen molar-refractivity contribution in [3.8, 4) is 23.3 Å². The number of anilines is 1. The number of methoxy groups -OCH3 is 1. The second-order valence-corrected chi connectivity index (χ2v) is 9.35. The molecule has 1 amide bonds. The molecule has 0 aliphatic heterocycles. The van der Waals surface area contributed by atoms with Crippen molar-refractivity contribution < 1.29 is 19.0 Å². The Morgan fingerprint density at radius 3 is 2.58 bits per heavy atom. The van der Waals surface area contributed by atoms with Gasteiger partial charge in [0.05, 0.1) is 7.11 Å². The third-order valence-corrected chi connectivity index (χ3v) is 6.29. The van der Waals surface area contributed by atoms with E-state index in [9.17, 15) is 10.1 Å². The van der Waals surface area contributed by atoms with Crippen LogP contribution >= 0.6 is 11.3 Å². The van der Waals surface area contributed by atoms with Gasteiger partial charge < -0.3 is 14.2 Å². The normalized spacial score (nSPS) is 11.2. The fourth-order valence-corrected chi connectivity index (χ4v) is 4.06. The van der Waals surface area contributed by atoms with Gasteiger partial charge in [0.2, 0.25) is 5.13 Å². The van der Waals surface area contributed by atoms with E-state index in [4.69, 9.17) is 14.2 Å². The molecule has 8 nitrogen and oxygen atoms in total. The Kier molecular flexibility index (Phi) is 9.42. The Labute approximate surface area is 215 Å². The molecule has 1 heterocycles. The van der Waals surface area contributed by atoms with E-state index in [0.29, 0.717) is 35.4 Å². The standard InChI is InChI=1S/C27H30N4O4S/c1-6-19-11-18(4)12-22(14-19)34-9-10-35-23-8-7-20(15-24(23)33-5)13-21(16-28)25(32)29-27-31-30-26(36-27)17(2)3/h7-8,11-15,17H,6,9-10H2,1-5H3,(H,29,31,32)/b21-13-. The number of rotatable bonds is 11. The van der Waals surface area contributed by atoms with Crippen molar-refractivity contribution in [3.63, 3.8) is 0 Å². The number of aryl methyl sites for hydroxylation is 2. The number of benzene rings is 2. The molecule has 3 rings (SSSR count). The van der Waals surface area contributed by atoms with Crippen LogP contribution in [0.25, 0.3) is 6.08 Å². The lowest BCUT2D eigenvalue weighted by Crippen LogP contribution is -2.13. The van der Waals surface area contributed by atoms with Crippen LogP contribution in [-0.4, -0.2) is 36.4 Å². The lowest BCUT2D eigenvalue weighted by molar-refractivity contribution is -0.112. The molecule has 0 aliphatic carbocycles. The fraction of sp³-hybridized carbons (Fsp3) is 0.333. The van der Waals surface area contributed by atoms with Crippen molar-refractivity contribution in [1.82, 2.24) is 10.2 Å². The molecule has 0 radical (unpaired) electrons. The highest BCUT2D eigenvalue weighted by Gasteiger charge is 2.15. The van der Waals surface area contributed by atoms with Crippen molar-refractivity contribution >= 4 is 28.5 Å². The number of carbonyl (C=O) groups is 1. The van der Waals surface area contributed by atoms with Crippen LogP contribution in [0.15, 0.2) is 42.0 Å². The van der Waals surface area contributed by atoms with E-state index < -0.39 is 5.91 Å². The molecule has 0 spiro atoms. The average Bonchev–Trinajstić information content (AvgIpc) is 3.34. The van der Waals surface area contributed by atoms with Gasteiger partial charge in [-0.05, 0) is 60.4 Å². The first kappa shape index (κ1) is 26.7. The van der Waals surface area contributed by atoms with Gasteiger partial charge in [-0.2, -0.15) is 5.26 Å². The summed E-state index contributed by atoms with van der Waals surface area (Å²) in [4.78, 5) is 12.6. The molecule has 1 N–H and O–H groups in total. The van der Waals surface area contributed by atoms with E-state index in [2.05, 4.69) is 28.5 Å². The Bertz CT molecular complexity index is 1280. The predicted molar refractivity (Wildman–Crippen MR) is 141 cm³/mol. The summed E-state index contributed by atoms with van der Waals surface area (Å²) in [5.41, 5.74) is 2.94. The average molecular weight is 507 g/mol. The molecule has 3 aromatic rings. The van der Waals surface area contributed by atoms with Gasteiger partial charge in [0.1, 0.15) is 35.6 Å². The summed E-state index contributed by atoms with van der Waals surface area (Å²) in [6.45, 7) is 8.84. The number of carbonyl (C=O) groups excluding carboxylic acids is 1. The zero-order chi connectivity index (χ0) is 26.1. The summed E-state index contributed by atoms with van der Waals surface area (Å²) in [5.74, 6) is 1.49. The summed E-state index contributed by atoms with van der Waals surface area (Å²) in [6.07, 6.45) is 2.43. The molecule has 9 heteroatoms. The molecule has 0 aliphatic rings. The SMILES string of the molecule is CCc1cc(C)cc(OCCOc2ccc(/C=C(/C#N)C(=O)Nc3nnc(C(C)C)s3)cc2OC)c1. The number of hydrogen-bond donors (Lipinski definition) is 1. The maximum atomic E-state index is 12.6. The van der Waals surface area contributed by atoms with E-state index in [-0.39, 0.29) is 11.5 Å². The highest BCUT2D eigenvalue weighted by Crippen LogP contribution is 2.29. The van der Waals surface area contributed by atoms with Crippen LogP contribution in [0.3, 0.4) is 0 Å². The van der Waals surface area contributed by atoms with Crippen molar-refractivity contribution in [2.75, 3.05) is 25.6 Å². The minimum absolute atomic E-state index is 0.0648. The van der Waals surface area contributed by atoms with E-state index >= 15 is 0 Å². The van der Waals surface area contributed by atoms with E-state index in [1.165, 1.54) is 30.1 Å². The molecule has 0 atom stereocenters. The number of nitrogens with zero attached hydrogens (tertiary/aromatic N) is 3. The number of nitrogens with one attached hydrogen (secondary N) is 1. The second-order valence-electron chi connectivity index (χ2n) is 8.34. The maximum absolute atomic E-state index is 12.6. The van der Waals surface area contributed by atoms with Crippen LogP contribution < -0.4 is 19.5 Å². The summed E-state index contributed by atoms with van der Waals surface area (Å²) in [6, 6.07) is 13.3. The quantitative estimate of drug-likeness (QED) is 0.207. The molecule has 36 heavy (non-hydrogen) atoms. The Balaban J connectivity index is 1.62. The molecule has 0 saturated heterocycles. The van der Waals surface area contributed by atoms with E-state index in [1.54, 1.807) is 18.2 Å². The van der Waals surface area contributed by atoms with Gasteiger partial charge in [-0.3, -0.25) is 10.1 Å². The van der Waals surface area contributed by atoms with E-state index in [1.807, 2.05) is 39.0 Å². The van der Waals surface area contributed by atoms with Gasteiger partial charge >= 0.3 is 0 Å². The summed E-state index contributed by atoms with van der Waals surface area (Å²) in [5, 5.41) is 21.3. The van der Waals surface area contributed by atoms with Gasteiger partial charge in [-0.25, -0.2) is 0 Å². The maximum Gasteiger partial charge on any atom is 0.268 e. The number of aromatic nitrogens is 2. The predicted octanol–water partition coefficient (Wildman–Crippen LogP) is 5.54. The molecule has 2 aromatic carbocycles. The summed E-state index contributed by atoms with van der Waals surface area (Å²) >= 11 is 1.28. The number of ether oxygens (including phenoxy) is 3. The Morgan fingerprint density at radius 2 is 1.92 bits per heavy atom. The van der Waals surface area contributed by atoms with Gasteiger partial charge in [0.15, 0.2) is 11.5 Å². The molecular formula is C27H30N4O4S. The summed E-state index contributed by atoms with van der Waals surface area (Å²) < 4.78 is 17.1. The van der Waals surface area contributed by atoms with Crippen molar-refractivity contribution in [3.05, 3.63) is 63.7 Å². The Hall–Kier alpha value is -3.90. The van der Waals surface area contributed by atoms with Crippen molar-refractivity contribution in [2.45, 2.75) is 40.0 Å². The third-order valence-electron chi connectivity index (χ3n) is 5.15. The third kappa shape index (κ3) is 7.30. The van der Waals surface area contributed by atoms with E-state index in [0.717, 1.165) is 22.7 Å². The topological polar surface area (TPSA) is 106 Å². The molecule has 0 saturated carbocycles. The van der Waals surface area contributed by atoms with Gasteiger partial charge in [0, 0.05) is 5.92 Å². The lowest BCUT2D eigenvalue weighted by Gasteiger charge is -2.13. The monoisotopic (exact) mass is 506 g/mol. The zero-order valence-electron chi connectivity index (χ0n) is 21.1. The smallest absolute Gasteiger partial charge is 0.268 e. The first-order chi connectivity index (χ1) is 17.3. The largest absolute Gasteiger partial charge is 0.493 e. The molecule has 188 valence electrons. The highest BCUT2D eigenvalue weighted by molar-refractivity contribution is 7.15. The fourth-order valence-electron chi connectivity index (χ4n) is 3.31. The minimum atomic E-state index is -0.553. The van der Waals surface area contributed by atoms with Crippen LogP contribution in [0.1, 0.15) is 48.4 Å². The van der Waals surface area contributed by atoms with Crippen molar-refractivity contribution in [2.24, 2.45) is 0 Å². The molecule has 0 fully saturated rings. The first-order valence-corrected chi connectivity index (χ1v) is 12.4. The molecule has 1 aromatic heterocycles. The lowest BCUT2D eigenvalue weighted by atomic mass is 10.1. The van der Waals surface area contributed by atoms with Gasteiger partial charge in [-0.1, -0.05) is 44.2 Å². The zero-order valence-corrected chi connectivity index (χ0v) is 21.9. The Morgan fingerprint density at radius 1 is 1.14 bits per heavy atom. The van der Waals surface area contributed by atoms with Crippen LogP contribution in [0, 0.1) is 18.3 Å².